The van der Waals surface area contributed by atoms with Crippen molar-refractivity contribution >= 4 is 11.4 Å². The number of benzene rings is 1. The van der Waals surface area contributed by atoms with Crippen molar-refractivity contribution in [2.45, 2.75) is 43.7 Å². The zero-order chi connectivity index (χ0) is 19.9. The molecule has 1 N–H and O–H groups in total. The molecule has 4 nitrogen and oxygen atoms in total. The lowest BCUT2D eigenvalue weighted by atomic mass is 9.82. The van der Waals surface area contributed by atoms with E-state index in [1.165, 1.54) is 12.1 Å². The van der Waals surface area contributed by atoms with Crippen LogP contribution in [0.4, 0.5) is 13.2 Å². The van der Waals surface area contributed by atoms with Crippen molar-refractivity contribution in [3.63, 3.8) is 0 Å². The molecule has 0 fully saturated rings. The molecular weight excluding hydrogens is 377 g/mol. The number of hydrogen-bond acceptors (Lipinski definition) is 4. The SMILES string of the molecule is CC(C)(C)[S+]([O-])N[C@]1(c2ccc(C(F)(F)F)cc2)CCOc2cccnc21. The van der Waals surface area contributed by atoms with Crippen LogP contribution in [0.1, 0.15) is 44.0 Å². The fourth-order valence-corrected chi connectivity index (χ4v) is 3.89. The van der Waals surface area contributed by atoms with Crippen LogP contribution in [0.25, 0.3) is 0 Å². The van der Waals surface area contributed by atoms with Crippen molar-refractivity contribution in [3.8, 4) is 5.75 Å². The van der Waals surface area contributed by atoms with Crippen LogP contribution in [0.15, 0.2) is 42.6 Å². The molecule has 1 unspecified atom stereocenters. The van der Waals surface area contributed by atoms with Gasteiger partial charge in [0.1, 0.15) is 21.7 Å². The molecule has 0 aliphatic carbocycles. The third-order valence-electron chi connectivity index (χ3n) is 4.44. The van der Waals surface area contributed by atoms with E-state index in [0.29, 0.717) is 30.0 Å². The van der Waals surface area contributed by atoms with Gasteiger partial charge in [0.05, 0.1) is 12.2 Å². The molecule has 0 saturated heterocycles. The van der Waals surface area contributed by atoms with E-state index in [4.69, 9.17) is 4.74 Å². The maximum absolute atomic E-state index is 13.0. The Morgan fingerprint density at radius 3 is 2.41 bits per heavy atom. The van der Waals surface area contributed by atoms with Gasteiger partial charge in [0.2, 0.25) is 0 Å². The van der Waals surface area contributed by atoms with Gasteiger partial charge in [-0.05, 0) is 50.6 Å². The minimum atomic E-state index is -4.42. The van der Waals surface area contributed by atoms with E-state index in [2.05, 4.69) is 9.71 Å². The Hall–Kier alpha value is -1.77. The molecule has 0 radical (unpaired) electrons. The first-order chi connectivity index (χ1) is 12.5. The van der Waals surface area contributed by atoms with Gasteiger partial charge in [-0.2, -0.15) is 13.2 Å². The number of rotatable bonds is 3. The van der Waals surface area contributed by atoms with E-state index in [1.807, 2.05) is 20.8 Å². The summed E-state index contributed by atoms with van der Waals surface area (Å²) in [5.74, 6) is 0.530. The van der Waals surface area contributed by atoms with Crippen LogP contribution < -0.4 is 9.46 Å². The fraction of sp³-hybridized carbons (Fsp3) is 0.421. The first-order valence-corrected chi connectivity index (χ1v) is 9.65. The van der Waals surface area contributed by atoms with Gasteiger partial charge in [-0.25, -0.2) is 0 Å². The van der Waals surface area contributed by atoms with Crippen molar-refractivity contribution in [3.05, 3.63) is 59.4 Å². The summed E-state index contributed by atoms with van der Waals surface area (Å²) >= 11 is -1.47. The van der Waals surface area contributed by atoms with Crippen molar-refractivity contribution in [2.75, 3.05) is 6.61 Å². The average molecular weight is 398 g/mol. The summed E-state index contributed by atoms with van der Waals surface area (Å²) in [4.78, 5) is 4.41. The molecule has 0 bridgehead atoms. The molecule has 2 heterocycles. The highest BCUT2D eigenvalue weighted by molar-refractivity contribution is 7.90. The zero-order valence-electron chi connectivity index (χ0n) is 15.3. The minimum absolute atomic E-state index is 0.327. The Balaban J connectivity index is 2.12. The molecule has 3 rings (SSSR count). The van der Waals surface area contributed by atoms with Gasteiger partial charge < -0.3 is 9.29 Å². The van der Waals surface area contributed by atoms with Gasteiger partial charge in [0, 0.05) is 24.0 Å². The summed E-state index contributed by atoms with van der Waals surface area (Å²) in [6.45, 7) is 5.81. The smallest absolute Gasteiger partial charge is 0.416 e. The first-order valence-electron chi connectivity index (χ1n) is 8.50. The summed E-state index contributed by atoms with van der Waals surface area (Å²) in [7, 11) is 0. The van der Waals surface area contributed by atoms with Crippen LogP contribution in [0.2, 0.25) is 0 Å². The van der Waals surface area contributed by atoms with Crippen molar-refractivity contribution < 1.29 is 22.5 Å². The first kappa shape index (κ1) is 20.0. The predicted molar refractivity (Wildman–Crippen MR) is 97.6 cm³/mol. The highest BCUT2D eigenvalue weighted by Crippen LogP contribution is 2.42. The minimum Gasteiger partial charge on any atom is -0.598 e. The molecule has 27 heavy (non-hydrogen) atoms. The van der Waals surface area contributed by atoms with Crippen LogP contribution in [0.3, 0.4) is 0 Å². The number of nitrogens with zero attached hydrogens (tertiary/aromatic N) is 1. The summed E-state index contributed by atoms with van der Waals surface area (Å²) in [6, 6.07) is 8.39. The van der Waals surface area contributed by atoms with Gasteiger partial charge in [0.25, 0.3) is 0 Å². The van der Waals surface area contributed by atoms with E-state index in [0.717, 1.165) is 12.1 Å². The second kappa shape index (κ2) is 7.00. The molecule has 0 amide bonds. The topological polar surface area (TPSA) is 57.2 Å². The van der Waals surface area contributed by atoms with Crippen LogP contribution in [0.5, 0.6) is 5.75 Å². The highest BCUT2D eigenvalue weighted by Gasteiger charge is 2.47. The van der Waals surface area contributed by atoms with Crippen LogP contribution in [0, 0.1) is 0 Å². The molecule has 0 spiro atoms. The number of halogens is 3. The molecule has 2 aromatic rings. The Morgan fingerprint density at radius 2 is 1.81 bits per heavy atom. The van der Waals surface area contributed by atoms with Gasteiger partial charge in [-0.3, -0.25) is 4.98 Å². The molecule has 146 valence electrons. The maximum atomic E-state index is 13.0. The van der Waals surface area contributed by atoms with Crippen molar-refractivity contribution in [1.29, 1.82) is 0 Å². The second-order valence-corrected chi connectivity index (χ2v) is 9.38. The van der Waals surface area contributed by atoms with Gasteiger partial charge in [-0.1, -0.05) is 12.1 Å². The lowest BCUT2D eigenvalue weighted by Gasteiger charge is -2.40. The molecular formula is C19H21F3N2O2S. The number of aromatic nitrogens is 1. The van der Waals surface area contributed by atoms with E-state index in [1.54, 1.807) is 18.3 Å². The Morgan fingerprint density at radius 1 is 1.15 bits per heavy atom. The molecule has 1 aliphatic heterocycles. The number of fused-ring (bicyclic) bond motifs is 1. The van der Waals surface area contributed by atoms with E-state index < -0.39 is 33.4 Å². The van der Waals surface area contributed by atoms with Gasteiger partial charge in [-0.15, -0.1) is 4.72 Å². The molecule has 1 aliphatic rings. The van der Waals surface area contributed by atoms with E-state index >= 15 is 0 Å². The lowest BCUT2D eigenvalue weighted by molar-refractivity contribution is -0.137. The number of nitrogens with one attached hydrogen (secondary N) is 1. The Labute approximate surface area is 159 Å². The number of alkyl halides is 3. The van der Waals surface area contributed by atoms with Crippen LogP contribution in [-0.2, 0) is 23.1 Å². The Bertz CT molecular complexity index is 806. The quantitative estimate of drug-likeness (QED) is 0.788. The van der Waals surface area contributed by atoms with Crippen molar-refractivity contribution in [2.24, 2.45) is 0 Å². The highest BCUT2D eigenvalue weighted by atomic mass is 32.2. The van der Waals surface area contributed by atoms with E-state index in [-0.39, 0.29) is 0 Å². The lowest BCUT2D eigenvalue weighted by Crippen LogP contribution is -2.54. The fourth-order valence-electron chi connectivity index (χ4n) is 2.95. The molecule has 0 saturated carbocycles. The summed E-state index contributed by atoms with van der Waals surface area (Å²) in [5, 5.41) is 0. The molecule has 1 aromatic carbocycles. The third-order valence-corrected chi connectivity index (χ3v) is 6.08. The maximum Gasteiger partial charge on any atom is 0.416 e. The summed E-state index contributed by atoms with van der Waals surface area (Å²) in [6.07, 6.45) is -2.43. The predicted octanol–water partition coefficient (Wildman–Crippen LogP) is 4.18. The van der Waals surface area contributed by atoms with E-state index in [9.17, 15) is 17.7 Å². The molecule has 1 aromatic heterocycles. The second-order valence-electron chi connectivity index (χ2n) is 7.41. The normalized spacial score (nSPS) is 21.3. The molecule has 2 atom stereocenters. The van der Waals surface area contributed by atoms with Gasteiger partial charge >= 0.3 is 6.18 Å². The van der Waals surface area contributed by atoms with Crippen LogP contribution in [-0.4, -0.2) is 20.9 Å². The average Bonchev–Trinajstić information content (AvgIpc) is 2.60. The molecule has 8 heteroatoms. The van der Waals surface area contributed by atoms with Crippen LogP contribution >= 0.6 is 0 Å². The standard InChI is InChI=1S/C19H21F3N2O2S/c1-17(2,3)27(25)24-18(10-12-26-15-5-4-11-23-16(15)18)13-6-8-14(9-7-13)19(20,21)22/h4-9,11,24H,10,12H2,1-3H3/t18-,27?/m0/s1. The third kappa shape index (κ3) is 3.93. The summed E-state index contributed by atoms with van der Waals surface area (Å²) in [5.41, 5.74) is -0.645. The van der Waals surface area contributed by atoms with Gasteiger partial charge in [0.15, 0.2) is 0 Å². The summed E-state index contributed by atoms with van der Waals surface area (Å²) < 4.78 is 60.0. The number of hydrogen-bond donors (Lipinski definition) is 1. The van der Waals surface area contributed by atoms with Crippen molar-refractivity contribution in [1.82, 2.24) is 9.71 Å². The zero-order valence-corrected chi connectivity index (χ0v) is 16.1. The number of ether oxygens (including phenoxy) is 1. The largest absolute Gasteiger partial charge is 0.598 e. The monoisotopic (exact) mass is 398 g/mol. The Kier molecular flexibility index (Phi) is 5.18. The number of pyridine rings is 1.